The first-order valence-corrected chi connectivity index (χ1v) is 4.97. The third-order valence-corrected chi connectivity index (χ3v) is 1.93. The maximum absolute atomic E-state index is 5.58. The molecule has 3 nitrogen and oxygen atoms in total. The fraction of sp³-hybridized carbons (Fsp3) is 0.417. The van der Waals surface area contributed by atoms with Crippen molar-refractivity contribution in [3.8, 4) is 17.6 Å². The van der Waals surface area contributed by atoms with E-state index in [2.05, 4.69) is 16.8 Å². The second-order valence-corrected chi connectivity index (χ2v) is 3.13. The van der Waals surface area contributed by atoms with Crippen molar-refractivity contribution in [2.45, 2.75) is 26.8 Å². The van der Waals surface area contributed by atoms with Crippen molar-refractivity contribution < 1.29 is 4.74 Å². The minimum atomic E-state index is 0.399. The molecule has 0 aliphatic carbocycles. The number of ether oxygens (including phenoxy) is 1. The molecule has 0 saturated heterocycles. The van der Waals surface area contributed by atoms with Crippen LogP contribution >= 0.6 is 0 Å². The van der Waals surface area contributed by atoms with Crippen LogP contribution in [0.3, 0.4) is 0 Å². The zero-order chi connectivity index (χ0) is 11.1. The zero-order valence-corrected chi connectivity index (χ0v) is 9.21. The Morgan fingerprint density at radius 3 is 2.93 bits per heavy atom. The van der Waals surface area contributed by atoms with E-state index in [1.54, 1.807) is 0 Å². The zero-order valence-electron chi connectivity index (χ0n) is 9.21. The predicted molar refractivity (Wildman–Crippen MR) is 60.4 cm³/mol. The molecule has 0 fully saturated rings. The Hall–Kier alpha value is -1.53. The molecule has 80 valence electrons. The largest absolute Gasteiger partial charge is 0.491 e. The topological polar surface area (TPSA) is 48.1 Å². The summed E-state index contributed by atoms with van der Waals surface area (Å²) in [4.78, 5) is 4.30. The van der Waals surface area contributed by atoms with Crippen molar-refractivity contribution in [1.82, 2.24) is 4.98 Å². The summed E-state index contributed by atoms with van der Waals surface area (Å²) >= 11 is 0. The molecule has 1 aromatic rings. The Bertz CT molecular complexity index is 377. The number of aryl methyl sites for hydroxylation is 1. The monoisotopic (exact) mass is 204 g/mol. The van der Waals surface area contributed by atoms with E-state index in [-0.39, 0.29) is 0 Å². The van der Waals surface area contributed by atoms with E-state index in [1.165, 1.54) is 0 Å². The van der Waals surface area contributed by atoms with Crippen LogP contribution in [0.25, 0.3) is 0 Å². The summed E-state index contributed by atoms with van der Waals surface area (Å²) in [6.07, 6.45) is 0.731. The Morgan fingerprint density at radius 2 is 2.27 bits per heavy atom. The SMILES string of the molecule is CC#CCCOc1ccc(C)nc1CN. The molecule has 1 rings (SSSR count). The number of nitrogens with zero attached hydrogens (tertiary/aromatic N) is 1. The summed E-state index contributed by atoms with van der Waals surface area (Å²) in [7, 11) is 0. The minimum Gasteiger partial charge on any atom is -0.491 e. The van der Waals surface area contributed by atoms with Crippen LogP contribution in [0.4, 0.5) is 0 Å². The predicted octanol–water partition coefficient (Wildman–Crippen LogP) is 1.64. The highest BCUT2D eigenvalue weighted by Crippen LogP contribution is 2.16. The maximum Gasteiger partial charge on any atom is 0.142 e. The Balaban J connectivity index is 2.62. The highest BCUT2D eigenvalue weighted by atomic mass is 16.5. The summed E-state index contributed by atoms with van der Waals surface area (Å²) in [5.74, 6) is 6.53. The summed E-state index contributed by atoms with van der Waals surface area (Å²) in [5, 5.41) is 0. The molecule has 0 amide bonds. The first-order chi connectivity index (χ1) is 7.27. The van der Waals surface area contributed by atoms with Gasteiger partial charge >= 0.3 is 0 Å². The van der Waals surface area contributed by atoms with Gasteiger partial charge in [-0.1, -0.05) is 0 Å². The Labute approximate surface area is 90.7 Å². The van der Waals surface area contributed by atoms with Crippen LogP contribution in [-0.2, 0) is 6.54 Å². The van der Waals surface area contributed by atoms with E-state index >= 15 is 0 Å². The lowest BCUT2D eigenvalue weighted by atomic mass is 10.3. The lowest BCUT2D eigenvalue weighted by Crippen LogP contribution is -2.06. The fourth-order valence-electron chi connectivity index (χ4n) is 1.21. The van der Waals surface area contributed by atoms with Crippen molar-refractivity contribution in [2.24, 2.45) is 5.73 Å². The van der Waals surface area contributed by atoms with E-state index in [0.29, 0.717) is 13.2 Å². The van der Waals surface area contributed by atoms with Crippen LogP contribution in [0.1, 0.15) is 24.7 Å². The fourth-order valence-corrected chi connectivity index (χ4v) is 1.21. The number of hydrogen-bond donors (Lipinski definition) is 1. The summed E-state index contributed by atoms with van der Waals surface area (Å²) in [5.41, 5.74) is 7.34. The normalized spacial score (nSPS) is 9.27. The van der Waals surface area contributed by atoms with Crippen molar-refractivity contribution in [3.05, 3.63) is 23.5 Å². The van der Waals surface area contributed by atoms with Crippen molar-refractivity contribution >= 4 is 0 Å². The second-order valence-electron chi connectivity index (χ2n) is 3.13. The minimum absolute atomic E-state index is 0.399. The highest BCUT2D eigenvalue weighted by Gasteiger charge is 2.03. The molecule has 1 heterocycles. The maximum atomic E-state index is 5.58. The molecular formula is C12H16N2O. The van der Waals surface area contributed by atoms with Crippen LogP contribution in [0, 0.1) is 18.8 Å². The van der Waals surface area contributed by atoms with Crippen LogP contribution in [0.15, 0.2) is 12.1 Å². The van der Waals surface area contributed by atoms with Gasteiger partial charge in [0.2, 0.25) is 0 Å². The van der Waals surface area contributed by atoms with Gasteiger partial charge in [-0.2, -0.15) is 0 Å². The second kappa shape index (κ2) is 6.05. The molecule has 1 aromatic heterocycles. The summed E-state index contributed by atoms with van der Waals surface area (Å²) in [6.45, 7) is 4.74. The van der Waals surface area contributed by atoms with Gasteiger partial charge in [0, 0.05) is 18.7 Å². The molecule has 0 aliphatic heterocycles. The highest BCUT2D eigenvalue weighted by molar-refractivity contribution is 5.29. The van der Waals surface area contributed by atoms with Crippen LogP contribution in [0.2, 0.25) is 0 Å². The number of hydrogen-bond acceptors (Lipinski definition) is 3. The molecule has 0 radical (unpaired) electrons. The third-order valence-electron chi connectivity index (χ3n) is 1.93. The number of aromatic nitrogens is 1. The van der Waals surface area contributed by atoms with Gasteiger partial charge in [-0.3, -0.25) is 4.98 Å². The summed E-state index contributed by atoms with van der Waals surface area (Å²) in [6, 6.07) is 3.82. The number of rotatable bonds is 4. The molecule has 0 aromatic carbocycles. The molecule has 15 heavy (non-hydrogen) atoms. The molecule has 2 N–H and O–H groups in total. The molecule has 3 heteroatoms. The molecule has 0 bridgehead atoms. The Kier molecular flexibility index (Phi) is 4.65. The van der Waals surface area contributed by atoms with Crippen molar-refractivity contribution in [2.75, 3.05) is 6.61 Å². The van der Waals surface area contributed by atoms with E-state index < -0.39 is 0 Å². The Morgan fingerprint density at radius 1 is 1.47 bits per heavy atom. The van der Waals surface area contributed by atoms with Gasteiger partial charge in [-0.25, -0.2) is 0 Å². The van der Waals surface area contributed by atoms with Crippen LogP contribution in [-0.4, -0.2) is 11.6 Å². The van der Waals surface area contributed by atoms with Crippen molar-refractivity contribution in [3.63, 3.8) is 0 Å². The first kappa shape index (κ1) is 11.5. The molecular weight excluding hydrogens is 188 g/mol. The van der Waals surface area contributed by atoms with E-state index in [9.17, 15) is 0 Å². The van der Waals surface area contributed by atoms with Crippen LogP contribution in [0.5, 0.6) is 5.75 Å². The standard InChI is InChI=1S/C12H16N2O/c1-3-4-5-8-15-12-7-6-10(2)14-11(12)9-13/h6-7H,5,8-9,13H2,1-2H3. The molecule has 0 saturated carbocycles. The molecule has 0 spiro atoms. The van der Waals surface area contributed by atoms with E-state index in [0.717, 1.165) is 23.6 Å². The number of nitrogens with two attached hydrogens (primary N) is 1. The van der Waals surface area contributed by atoms with E-state index in [4.69, 9.17) is 10.5 Å². The van der Waals surface area contributed by atoms with Crippen molar-refractivity contribution in [1.29, 1.82) is 0 Å². The average Bonchev–Trinajstić information content (AvgIpc) is 2.26. The first-order valence-electron chi connectivity index (χ1n) is 4.97. The molecule has 0 unspecified atom stereocenters. The summed E-state index contributed by atoms with van der Waals surface area (Å²) < 4.78 is 5.54. The van der Waals surface area contributed by atoms with Gasteiger partial charge in [0.15, 0.2) is 0 Å². The van der Waals surface area contributed by atoms with E-state index in [1.807, 2.05) is 26.0 Å². The lowest BCUT2D eigenvalue weighted by Gasteiger charge is -2.08. The van der Waals surface area contributed by atoms with Gasteiger partial charge in [-0.05, 0) is 26.0 Å². The average molecular weight is 204 g/mol. The molecule has 0 atom stereocenters. The number of pyridine rings is 1. The van der Waals surface area contributed by atoms with Gasteiger partial charge < -0.3 is 10.5 Å². The third kappa shape index (κ3) is 3.61. The van der Waals surface area contributed by atoms with Gasteiger partial charge in [0.1, 0.15) is 5.75 Å². The quantitative estimate of drug-likeness (QED) is 0.599. The van der Waals surface area contributed by atoms with Gasteiger partial charge in [-0.15, -0.1) is 11.8 Å². The molecule has 0 aliphatic rings. The smallest absolute Gasteiger partial charge is 0.142 e. The lowest BCUT2D eigenvalue weighted by molar-refractivity contribution is 0.322. The van der Waals surface area contributed by atoms with Gasteiger partial charge in [0.05, 0.1) is 12.3 Å². The van der Waals surface area contributed by atoms with Crippen LogP contribution < -0.4 is 10.5 Å². The van der Waals surface area contributed by atoms with Gasteiger partial charge in [0.25, 0.3) is 0 Å².